The number of imidazole rings is 1. The fraction of sp³-hybridized carbons (Fsp3) is 0.381. The fourth-order valence-corrected chi connectivity index (χ4v) is 4.03. The van der Waals surface area contributed by atoms with Gasteiger partial charge in [-0.1, -0.05) is 0 Å². The number of guanidine groups is 1. The number of fused-ring (bicyclic) bond motifs is 1. The second-order valence-electron chi connectivity index (χ2n) is 7.97. The number of nitrogens with one attached hydrogen (secondary N) is 3. The summed E-state index contributed by atoms with van der Waals surface area (Å²) >= 11 is 0. The van der Waals surface area contributed by atoms with Gasteiger partial charge in [-0.2, -0.15) is 0 Å². The number of nitrogens with zero attached hydrogens (tertiary/aromatic N) is 6. The van der Waals surface area contributed by atoms with Gasteiger partial charge in [0.25, 0.3) is 5.91 Å². The first kappa shape index (κ1) is 19.3. The monoisotopic (exact) mass is 419 g/mol. The van der Waals surface area contributed by atoms with Crippen molar-refractivity contribution in [1.29, 1.82) is 0 Å². The van der Waals surface area contributed by atoms with Crippen LogP contribution in [0.25, 0.3) is 5.65 Å². The Morgan fingerprint density at radius 2 is 2.13 bits per heavy atom. The first-order valence-corrected chi connectivity index (χ1v) is 10.4. The molecule has 3 aromatic rings. The van der Waals surface area contributed by atoms with Crippen molar-refractivity contribution in [3.8, 4) is 0 Å². The lowest BCUT2D eigenvalue weighted by molar-refractivity contribution is 0.102. The van der Waals surface area contributed by atoms with E-state index in [-0.39, 0.29) is 11.6 Å². The molecule has 160 valence electrons. The summed E-state index contributed by atoms with van der Waals surface area (Å²) in [7, 11) is 0. The van der Waals surface area contributed by atoms with Gasteiger partial charge < -0.3 is 25.3 Å². The lowest BCUT2D eigenvalue weighted by Gasteiger charge is -2.18. The summed E-state index contributed by atoms with van der Waals surface area (Å²) in [5.41, 5.74) is 3.77. The molecule has 1 amide bonds. The summed E-state index contributed by atoms with van der Waals surface area (Å²) in [5.74, 6) is 1.36. The molecule has 1 atom stereocenters. The molecule has 0 unspecified atom stereocenters. The molecule has 0 aromatic carbocycles. The molecule has 10 nitrogen and oxygen atoms in total. The molecule has 0 spiro atoms. The predicted octanol–water partition coefficient (Wildman–Crippen LogP) is 1.12. The molecule has 1 fully saturated rings. The molecule has 2 aliphatic heterocycles. The van der Waals surface area contributed by atoms with E-state index in [1.165, 1.54) is 6.20 Å². The van der Waals surface area contributed by atoms with Gasteiger partial charge >= 0.3 is 0 Å². The minimum absolute atomic E-state index is 0.279. The summed E-state index contributed by atoms with van der Waals surface area (Å²) in [6, 6.07) is 2.22. The molecule has 10 heteroatoms. The van der Waals surface area contributed by atoms with E-state index < -0.39 is 0 Å². The fourth-order valence-electron chi connectivity index (χ4n) is 4.03. The number of hydrogen-bond acceptors (Lipinski definition) is 8. The van der Waals surface area contributed by atoms with Crippen LogP contribution in [-0.4, -0.2) is 63.4 Å². The highest BCUT2D eigenvalue weighted by Crippen LogP contribution is 2.19. The zero-order chi connectivity index (χ0) is 21.4. The SMILES string of the molecule is Cc1cn2cc(NC(=O)c3cnc(N4CC[C@@H](NC5=NCCN5)C4)cn3)cc(C)c2n1. The van der Waals surface area contributed by atoms with Crippen LogP contribution in [0.1, 0.15) is 28.2 Å². The number of aromatic nitrogens is 4. The average Bonchev–Trinajstić information content (AvgIpc) is 3.50. The van der Waals surface area contributed by atoms with Crippen LogP contribution in [0.15, 0.2) is 35.8 Å². The maximum Gasteiger partial charge on any atom is 0.275 e. The first-order valence-electron chi connectivity index (χ1n) is 10.4. The predicted molar refractivity (Wildman–Crippen MR) is 119 cm³/mol. The van der Waals surface area contributed by atoms with Crippen molar-refractivity contribution in [2.75, 3.05) is 36.4 Å². The Labute approximate surface area is 179 Å². The second kappa shape index (κ2) is 7.86. The molecule has 0 bridgehead atoms. The van der Waals surface area contributed by atoms with E-state index in [2.05, 4.69) is 40.8 Å². The van der Waals surface area contributed by atoms with E-state index in [0.717, 1.165) is 61.3 Å². The average molecular weight is 419 g/mol. The third-order valence-corrected chi connectivity index (χ3v) is 5.51. The van der Waals surface area contributed by atoms with E-state index in [1.54, 1.807) is 6.20 Å². The van der Waals surface area contributed by atoms with Gasteiger partial charge in [-0.3, -0.25) is 9.79 Å². The largest absolute Gasteiger partial charge is 0.355 e. The molecule has 0 saturated carbocycles. The highest BCUT2D eigenvalue weighted by atomic mass is 16.1. The van der Waals surface area contributed by atoms with Gasteiger partial charge in [0.2, 0.25) is 0 Å². The molecule has 5 heterocycles. The summed E-state index contributed by atoms with van der Waals surface area (Å²) in [5, 5.41) is 9.57. The van der Waals surface area contributed by atoms with Gasteiger partial charge in [-0.25, -0.2) is 15.0 Å². The van der Waals surface area contributed by atoms with Gasteiger partial charge in [0.05, 0.1) is 30.3 Å². The van der Waals surface area contributed by atoms with Crippen LogP contribution in [0.5, 0.6) is 0 Å². The number of hydrogen-bond donors (Lipinski definition) is 3. The Kier molecular flexibility index (Phi) is 4.89. The van der Waals surface area contributed by atoms with Gasteiger partial charge in [-0.15, -0.1) is 0 Å². The number of anilines is 2. The normalized spacial score (nSPS) is 18.2. The van der Waals surface area contributed by atoms with Crippen molar-refractivity contribution in [2.45, 2.75) is 26.3 Å². The van der Waals surface area contributed by atoms with Crippen LogP contribution in [0.4, 0.5) is 11.5 Å². The number of carbonyl (C=O) groups excluding carboxylic acids is 1. The Bertz CT molecular complexity index is 1150. The number of pyridine rings is 1. The lowest BCUT2D eigenvalue weighted by atomic mass is 10.2. The molecular formula is C21H25N9O. The molecule has 1 saturated heterocycles. The molecule has 2 aliphatic rings. The Morgan fingerprint density at radius 3 is 2.90 bits per heavy atom. The highest BCUT2D eigenvalue weighted by molar-refractivity contribution is 6.02. The number of aryl methyl sites for hydroxylation is 2. The standard InChI is InChI=1S/C21H25N9O/c1-13-7-16(12-30-10-14(2)26-19(13)30)27-20(31)17-8-25-18(9-24-17)29-6-3-15(11-29)28-21-22-4-5-23-21/h7-10,12,15H,3-6,11H2,1-2H3,(H,27,31)(H2,22,23,28)/t15-/m1/s1. The van der Waals surface area contributed by atoms with E-state index in [1.807, 2.05) is 36.7 Å². The summed E-state index contributed by atoms with van der Waals surface area (Å²) in [4.78, 5) is 32.5. The van der Waals surface area contributed by atoms with Crippen LogP contribution in [0, 0.1) is 13.8 Å². The van der Waals surface area contributed by atoms with Crippen molar-refractivity contribution >= 4 is 29.0 Å². The maximum absolute atomic E-state index is 12.7. The van der Waals surface area contributed by atoms with Crippen molar-refractivity contribution in [1.82, 2.24) is 30.0 Å². The summed E-state index contributed by atoms with van der Waals surface area (Å²) in [6.45, 7) is 7.34. The van der Waals surface area contributed by atoms with Crippen LogP contribution < -0.4 is 20.9 Å². The smallest absolute Gasteiger partial charge is 0.275 e. The van der Waals surface area contributed by atoms with Crippen molar-refractivity contribution < 1.29 is 4.79 Å². The van der Waals surface area contributed by atoms with Crippen LogP contribution in [-0.2, 0) is 0 Å². The minimum Gasteiger partial charge on any atom is -0.355 e. The quantitative estimate of drug-likeness (QED) is 0.581. The van der Waals surface area contributed by atoms with E-state index in [4.69, 9.17) is 0 Å². The molecule has 31 heavy (non-hydrogen) atoms. The molecule has 0 aliphatic carbocycles. The Balaban J connectivity index is 1.23. The Morgan fingerprint density at radius 1 is 1.23 bits per heavy atom. The van der Waals surface area contributed by atoms with Gasteiger partial charge in [0.15, 0.2) is 5.96 Å². The third-order valence-electron chi connectivity index (χ3n) is 5.51. The minimum atomic E-state index is -0.291. The third kappa shape index (κ3) is 4.00. The van der Waals surface area contributed by atoms with Crippen molar-refractivity contribution in [3.63, 3.8) is 0 Å². The first-order chi connectivity index (χ1) is 15.0. The summed E-state index contributed by atoms with van der Waals surface area (Å²) < 4.78 is 1.92. The second-order valence-corrected chi connectivity index (χ2v) is 7.97. The van der Waals surface area contributed by atoms with E-state index in [9.17, 15) is 4.79 Å². The topological polar surface area (TPSA) is 112 Å². The number of amides is 1. The van der Waals surface area contributed by atoms with Gasteiger partial charge in [-0.05, 0) is 31.9 Å². The lowest BCUT2D eigenvalue weighted by Crippen LogP contribution is -2.42. The molecular weight excluding hydrogens is 394 g/mol. The maximum atomic E-state index is 12.7. The molecule has 0 radical (unpaired) electrons. The van der Waals surface area contributed by atoms with Gasteiger partial charge in [0.1, 0.15) is 17.2 Å². The van der Waals surface area contributed by atoms with Crippen LogP contribution in [0.3, 0.4) is 0 Å². The number of aliphatic imine (C=N–C) groups is 1. The highest BCUT2D eigenvalue weighted by Gasteiger charge is 2.25. The van der Waals surface area contributed by atoms with Crippen molar-refractivity contribution in [3.05, 3.63) is 47.8 Å². The van der Waals surface area contributed by atoms with E-state index >= 15 is 0 Å². The number of rotatable bonds is 4. The Hall–Kier alpha value is -3.69. The van der Waals surface area contributed by atoms with Crippen LogP contribution in [0.2, 0.25) is 0 Å². The summed E-state index contributed by atoms with van der Waals surface area (Å²) in [6.07, 6.45) is 7.97. The zero-order valence-electron chi connectivity index (χ0n) is 17.6. The van der Waals surface area contributed by atoms with E-state index in [0.29, 0.717) is 11.7 Å². The molecule has 5 rings (SSSR count). The molecule has 3 aromatic heterocycles. The van der Waals surface area contributed by atoms with Crippen molar-refractivity contribution in [2.24, 2.45) is 4.99 Å². The van der Waals surface area contributed by atoms with Crippen LogP contribution >= 0.6 is 0 Å². The zero-order valence-corrected chi connectivity index (χ0v) is 17.6. The number of carbonyl (C=O) groups is 1. The van der Waals surface area contributed by atoms with Gasteiger partial charge in [0, 0.05) is 38.1 Å². The molecule has 3 N–H and O–H groups in total.